The zero-order valence-corrected chi connectivity index (χ0v) is 6.01. The van der Waals surface area contributed by atoms with Crippen molar-refractivity contribution in [3.8, 4) is 0 Å². The average molecular weight is 169 g/mol. The van der Waals surface area contributed by atoms with Crippen molar-refractivity contribution in [3.05, 3.63) is 29.6 Å². The van der Waals surface area contributed by atoms with Gasteiger partial charge in [-0.15, -0.1) is 0 Å². The summed E-state index contributed by atoms with van der Waals surface area (Å²) in [6.07, 6.45) is -1.73. The summed E-state index contributed by atoms with van der Waals surface area (Å²) in [6.45, 7) is 0. The van der Waals surface area contributed by atoms with Crippen molar-refractivity contribution in [2.75, 3.05) is 0 Å². The molecule has 12 heavy (non-hydrogen) atoms. The van der Waals surface area contributed by atoms with Crippen LogP contribution in [0.2, 0.25) is 0 Å². The predicted octanol–water partition coefficient (Wildman–Crippen LogP) is -0.237. The number of carboxylic acid groups (broad SMARTS) is 1. The molecule has 0 spiro atoms. The molecule has 0 radical (unpaired) electrons. The Morgan fingerprint density at radius 1 is 1.42 bits per heavy atom. The molecule has 0 aliphatic carbocycles. The van der Waals surface area contributed by atoms with E-state index in [2.05, 4.69) is 4.98 Å². The van der Waals surface area contributed by atoms with E-state index < -0.39 is 12.3 Å². The third kappa shape index (κ3) is 1.77. The molecule has 64 valence electrons. The number of pyridine rings is 1. The summed E-state index contributed by atoms with van der Waals surface area (Å²) in [6, 6.07) is 4.00. The zero-order chi connectivity index (χ0) is 9.14. The molecule has 5 heteroatoms. The minimum absolute atomic E-state index is 0.0742. The first-order chi connectivity index (χ1) is 5.61. The molecule has 0 fully saturated rings. The SMILES string of the molecule is O=C(O)c1cccc(C(O)O)n1. The van der Waals surface area contributed by atoms with Gasteiger partial charge in [0.05, 0.1) is 5.69 Å². The number of rotatable bonds is 2. The van der Waals surface area contributed by atoms with Crippen LogP contribution in [-0.2, 0) is 0 Å². The fourth-order valence-corrected chi connectivity index (χ4v) is 0.714. The molecule has 0 unspecified atom stereocenters. The molecule has 0 saturated carbocycles. The maximum Gasteiger partial charge on any atom is 0.354 e. The Hall–Kier alpha value is -1.46. The van der Waals surface area contributed by atoms with Crippen LogP contribution in [0.15, 0.2) is 18.2 Å². The van der Waals surface area contributed by atoms with Gasteiger partial charge in [-0.1, -0.05) is 6.07 Å². The predicted molar refractivity (Wildman–Crippen MR) is 38.4 cm³/mol. The lowest BCUT2D eigenvalue weighted by atomic mass is 10.3. The molecule has 0 aromatic carbocycles. The van der Waals surface area contributed by atoms with Gasteiger partial charge in [0.25, 0.3) is 0 Å². The second-order valence-corrected chi connectivity index (χ2v) is 2.13. The largest absolute Gasteiger partial charge is 0.477 e. The Labute approximate surface area is 67.9 Å². The fraction of sp³-hybridized carbons (Fsp3) is 0.143. The first kappa shape index (κ1) is 8.63. The lowest BCUT2D eigenvalue weighted by Crippen LogP contribution is -2.05. The number of aliphatic hydroxyl groups is 2. The van der Waals surface area contributed by atoms with E-state index in [9.17, 15) is 4.79 Å². The zero-order valence-electron chi connectivity index (χ0n) is 6.01. The summed E-state index contributed by atoms with van der Waals surface area (Å²) < 4.78 is 0. The molecule has 0 aliphatic rings. The van der Waals surface area contributed by atoms with Gasteiger partial charge < -0.3 is 15.3 Å². The second kappa shape index (κ2) is 3.29. The van der Waals surface area contributed by atoms with E-state index in [-0.39, 0.29) is 11.4 Å². The maximum absolute atomic E-state index is 10.3. The van der Waals surface area contributed by atoms with E-state index in [4.69, 9.17) is 15.3 Å². The topological polar surface area (TPSA) is 90.7 Å². The van der Waals surface area contributed by atoms with Crippen LogP contribution in [0.5, 0.6) is 0 Å². The van der Waals surface area contributed by atoms with E-state index in [0.717, 1.165) is 0 Å². The van der Waals surface area contributed by atoms with Crippen molar-refractivity contribution in [2.45, 2.75) is 6.29 Å². The van der Waals surface area contributed by atoms with Crippen LogP contribution in [0.4, 0.5) is 0 Å². The highest BCUT2D eigenvalue weighted by Crippen LogP contribution is 2.06. The van der Waals surface area contributed by atoms with Gasteiger partial charge in [-0.2, -0.15) is 0 Å². The normalized spacial score (nSPS) is 10.2. The lowest BCUT2D eigenvalue weighted by molar-refractivity contribution is -0.0459. The van der Waals surface area contributed by atoms with E-state index in [1.54, 1.807) is 0 Å². The number of aromatic carboxylic acids is 1. The summed E-state index contributed by atoms with van der Waals surface area (Å²) in [5.74, 6) is -1.20. The summed E-state index contributed by atoms with van der Waals surface area (Å²) in [5, 5.41) is 25.7. The highest BCUT2D eigenvalue weighted by molar-refractivity contribution is 5.85. The quantitative estimate of drug-likeness (QED) is 0.531. The molecule has 0 atom stereocenters. The molecule has 0 bridgehead atoms. The van der Waals surface area contributed by atoms with Crippen molar-refractivity contribution in [3.63, 3.8) is 0 Å². The monoisotopic (exact) mass is 169 g/mol. The minimum Gasteiger partial charge on any atom is -0.477 e. The summed E-state index contributed by atoms with van der Waals surface area (Å²) in [5.41, 5.74) is -0.282. The maximum atomic E-state index is 10.3. The number of carbonyl (C=O) groups is 1. The fourth-order valence-electron chi connectivity index (χ4n) is 0.714. The Bertz CT molecular complexity index is 297. The average Bonchev–Trinajstić information content (AvgIpc) is 2.04. The minimum atomic E-state index is -1.73. The molecule has 3 N–H and O–H groups in total. The number of aliphatic hydroxyl groups excluding tert-OH is 1. The molecule has 1 rings (SSSR count). The molecule has 0 amide bonds. The van der Waals surface area contributed by atoms with Crippen LogP contribution in [0.25, 0.3) is 0 Å². The van der Waals surface area contributed by atoms with Crippen LogP contribution in [0.1, 0.15) is 22.5 Å². The van der Waals surface area contributed by atoms with E-state index in [0.29, 0.717) is 0 Å². The number of hydrogen-bond acceptors (Lipinski definition) is 4. The Kier molecular flexibility index (Phi) is 2.37. The van der Waals surface area contributed by atoms with Gasteiger partial charge in [-0.25, -0.2) is 9.78 Å². The molecule has 1 aromatic heterocycles. The van der Waals surface area contributed by atoms with Gasteiger partial charge in [0.1, 0.15) is 5.69 Å². The Morgan fingerprint density at radius 2 is 2.08 bits per heavy atom. The first-order valence-electron chi connectivity index (χ1n) is 3.17. The Balaban J connectivity index is 3.04. The third-order valence-corrected chi connectivity index (χ3v) is 1.25. The molecular weight excluding hydrogens is 162 g/mol. The molecular formula is C7H7NO4. The standard InChI is InChI=1S/C7H7NO4/c9-6(10)4-2-1-3-5(8-4)7(11)12/h1-3,6,9-10H,(H,11,12). The van der Waals surface area contributed by atoms with E-state index in [1.807, 2.05) is 0 Å². The van der Waals surface area contributed by atoms with Crippen molar-refractivity contribution in [1.82, 2.24) is 4.98 Å². The van der Waals surface area contributed by atoms with Crippen LogP contribution in [0, 0.1) is 0 Å². The van der Waals surface area contributed by atoms with Gasteiger partial charge in [0.2, 0.25) is 0 Å². The summed E-state index contributed by atoms with van der Waals surface area (Å²) >= 11 is 0. The van der Waals surface area contributed by atoms with Crippen LogP contribution >= 0.6 is 0 Å². The molecule has 0 saturated heterocycles. The van der Waals surface area contributed by atoms with Gasteiger partial charge in [0.15, 0.2) is 6.29 Å². The lowest BCUT2D eigenvalue weighted by Gasteiger charge is -2.02. The van der Waals surface area contributed by atoms with Gasteiger partial charge in [0, 0.05) is 0 Å². The van der Waals surface area contributed by atoms with Crippen LogP contribution in [-0.4, -0.2) is 26.3 Å². The van der Waals surface area contributed by atoms with E-state index in [1.165, 1.54) is 18.2 Å². The number of hydrogen-bond donors (Lipinski definition) is 3. The third-order valence-electron chi connectivity index (χ3n) is 1.25. The molecule has 1 heterocycles. The smallest absolute Gasteiger partial charge is 0.354 e. The molecule has 5 nitrogen and oxygen atoms in total. The van der Waals surface area contributed by atoms with Crippen LogP contribution < -0.4 is 0 Å². The van der Waals surface area contributed by atoms with Crippen molar-refractivity contribution in [1.29, 1.82) is 0 Å². The second-order valence-electron chi connectivity index (χ2n) is 2.13. The summed E-state index contributed by atoms with van der Waals surface area (Å²) in [7, 11) is 0. The van der Waals surface area contributed by atoms with Crippen LogP contribution in [0.3, 0.4) is 0 Å². The number of aromatic nitrogens is 1. The van der Waals surface area contributed by atoms with Crippen molar-refractivity contribution in [2.24, 2.45) is 0 Å². The number of nitrogens with zero attached hydrogens (tertiary/aromatic N) is 1. The molecule has 0 aliphatic heterocycles. The molecule has 1 aromatic rings. The van der Waals surface area contributed by atoms with Crippen molar-refractivity contribution < 1.29 is 20.1 Å². The highest BCUT2D eigenvalue weighted by atomic mass is 16.5. The highest BCUT2D eigenvalue weighted by Gasteiger charge is 2.08. The number of carboxylic acids is 1. The van der Waals surface area contributed by atoms with Gasteiger partial charge in [-0.05, 0) is 12.1 Å². The Morgan fingerprint density at radius 3 is 2.58 bits per heavy atom. The van der Waals surface area contributed by atoms with Crippen molar-refractivity contribution >= 4 is 5.97 Å². The summed E-state index contributed by atoms with van der Waals surface area (Å²) in [4.78, 5) is 13.8. The first-order valence-corrected chi connectivity index (χ1v) is 3.17. The van der Waals surface area contributed by atoms with Gasteiger partial charge in [-0.3, -0.25) is 0 Å². The van der Waals surface area contributed by atoms with E-state index >= 15 is 0 Å². The van der Waals surface area contributed by atoms with Gasteiger partial charge >= 0.3 is 5.97 Å².